The molecule has 0 aromatic carbocycles. The van der Waals surface area contributed by atoms with Gasteiger partial charge in [-0.2, -0.15) is 5.10 Å². The molecule has 0 aliphatic heterocycles. The number of aromatic nitrogens is 2. The molecule has 0 fully saturated rings. The molecule has 2 aromatic heterocycles. The van der Waals surface area contributed by atoms with E-state index in [2.05, 4.69) is 16.9 Å². The average molecular weight is 184 g/mol. The summed E-state index contributed by atoms with van der Waals surface area (Å²) in [6, 6.07) is 3.73. The molecule has 3 heteroatoms. The predicted octanol–water partition coefficient (Wildman–Crippen LogP) is 1.52. The van der Waals surface area contributed by atoms with Crippen LogP contribution in [0.4, 0.5) is 0 Å². The monoisotopic (exact) mass is 184 g/mol. The van der Waals surface area contributed by atoms with Crippen molar-refractivity contribution in [2.75, 3.05) is 0 Å². The summed E-state index contributed by atoms with van der Waals surface area (Å²) in [4.78, 5) is 10.7. The van der Waals surface area contributed by atoms with Crippen LogP contribution in [0.1, 0.15) is 22.8 Å². The number of hydrogen-bond acceptors (Lipinski definition) is 2. The molecule has 0 amide bonds. The zero-order valence-corrected chi connectivity index (χ0v) is 7.69. The van der Waals surface area contributed by atoms with Crippen LogP contribution in [0.3, 0.4) is 0 Å². The number of hydrogen-bond donors (Lipinski definition) is 0. The first-order valence-corrected chi connectivity index (χ1v) is 4.21. The Morgan fingerprint density at radius 2 is 2.43 bits per heavy atom. The first-order chi connectivity index (χ1) is 6.86. The van der Waals surface area contributed by atoms with Crippen LogP contribution in [0.5, 0.6) is 0 Å². The summed E-state index contributed by atoms with van der Waals surface area (Å²) < 4.78 is 1.66. The van der Waals surface area contributed by atoms with Gasteiger partial charge in [-0.05, 0) is 19.1 Å². The van der Waals surface area contributed by atoms with Gasteiger partial charge in [-0.3, -0.25) is 4.79 Å². The minimum Gasteiger partial charge on any atom is -0.298 e. The van der Waals surface area contributed by atoms with Crippen molar-refractivity contribution in [3.05, 3.63) is 35.7 Å². The van der Waals surface area contributed by atoms with E-state index >= 15 is 0 Å². The summed E-state index contributed by atoms with van der Waals surface area (Å²) >= 11 is 0. The molecular weight excluding hydrogens is 176 g/mol. The van der Waals surface area contributed by atoms with Crippen molar-refractivity contribution in [1.29, 1.82) is 0 Å². The molecular formula is C11H8N2O. The standard InChI is InChI=1S/C11H8N2O/c1-2-4-9-5-3-6-13-11(9)10(8-14)7-12-13/h3,5-8H,1H3. The van der Waals surface area contributed by atoms with Crippen LogP contribution < -0.4 is 0 Å². The van der Waals surface area contributed by atoms with Crippen LogP contribution in [0.15, 0.2) is 24.5 Å². The Morgan fingerprint density at radius 1 is 1.57 bits per heavy atom. The molecule has 0 bridgehead atoms. The van der Waals surface area contributed by atoms with Crippen molar-refractivity contribution in [2.45, 2.75) is 6.92 Å². The van der Waals surface area contributed by atoms with Gasteiger partial charge in [-0.15, -0.1) is 5.92 Å². The van der Waals surface area contributed by atoms with Gasteiger partial charge in [0.05, 0.1) is 22.8 Å². The highest BCUT2D eigenvalue weighted by Crippen LogP contribution is 2.13. The minimum atomic E-state index is 0.573. The third-order valence-corrected chi connectivity index (χ3v) is 1.96. The van der Waals surface area contributed by atoms with Crippen molar-refractivity contribution in [3.8, 4) is 11.8 Å². The first-order valence-electron chi connectivity index (χ1n) is 4.21. The van der Waals surface area contributed by atoms with E-state index in [1.807, 2.05) is 12.1 Å². The van der Waals surface area contributed by atoms with Crippen LogP contribution in [0, 0.1) is 11.8 Å². The van der Waals surface area contributed by atoms with E-state index in [0.29, 0.717) is 5.56 Å². The zero-order valence-electron chi connectivity index (χ0n) is 7.69. The fraction of sp³-hybridized carbons (Fsp3) is 0.0909. The van der Waals surface area contributed by atoms with Crippen molar-refractivity contribution in [1.82, 2.24) is 9.61 Å². The van der Waals surface area contributed by atoms with Crippen molar-refractivity contribution >= 4 is 11.8 Å². The molecule has 68 valence electrons. The molecule has 14 heavy (non-hydrogen) atoms. The van der Waals surface area contributed by atoms with Gasteiger partial charge in [-0.25, -0.2) is 4.52 Å². The third-order valence-electron chi connectivity index (χ3n) is 1.96. The number of fused-ring (bicyclic) bond motifs is 1. The molecule has 0 atom stereocenters. The van der Waals surface area contributed by atoms with Crippen molar-refractivity contribution < 1.29 is 4.79 Å². The maximum Gasteiger partial charge on any atom is 0.153 e. The molecule has 2 aromatic rings. The van der Waals surface area contributed by atoms with Crippen molar-refractivity contribution in [2.24, 2.45) is 0 Å². The maximum atomic E-state index is 10.7. The Hall–Kier alpha value is -2.08. The molecule has 0 unspecified atom stereocenters. The molecule has 2 rings (SSSR count). The number of nitrogens with zero attached hydrogens (tertiary/aromatic N) is 2. The molecule has 2 heterocycles. The highest BCUT2D eigenvalue weighted by Gasteiger charge is 2.05. The number of carbonyl (C=O) groups excluding carboxylic acids is 1. The SMILES string of the molecule is CC#Cc1cccn2ncc(C=O)c12. The summed E-state index contributed by atoms with van der Waals surface area (Å²) in [6.45, 7) is 1.76. The Kier molecular flexibility index (Phi) is 2.04. The smallest absolute Gasteiger partial charge is 0.153 e. The van der Waals surface area contributed by atoms with Gasteiger partial charge < -0.3 is 0 Å². The topological polar surface area (TPSA) is 34.4 Å². The van der Waals surface area contributed by atoms with Gasteiger partial charge >= 0.3 is 0 Å². The van der Waals surface area contributed by atoms with Gasteiger partial charge in [0.1, 0.15) is 0 Å². The number of aldehydes is 1. The summed E-state index contributed by atoms with van der Waals surface area (Å²) in [5, 5.41) is 4.05. The Balaban J connectivity index is 2.85. The molecule has 0 saturated carbocycles. The van der Waals surface area contributed by atoms with E-state index in [1.54, 1.807) is 23.8 Å². The summed E-state index contributed by atoms with van der Waals surface area (Å²) in [5.74, 6) is 5.75. The number of pyridine rings is 1. The van der Waals surface area contributed by atoms with Crippen LogP contribution in [-0.2, 0) is 0 Å². The van der Waals surface area contributed by atoms with Crippen LogP contribution in [0.2, 0.25) is 0 Å². The van der Waals surface area contributed by atoms with E-state index in [1.165, 1.54) is 0 Å². The van der Waals surface area contributed by atoms with E-state index in [9.17, 15) is 4.79 Å². The molecule has 0 spiro atoms. The average Bonchev–Trinajstić information content (AvgIpc) is 2.62. The Labute approximate surface area is 81.4 Å². The highest BCUT2D eigenvalue weighted by atomic mass is 16.1. The fourth-order valence-corrected chi connectivity index (χ4v) is 1.39. The second-order valence-electron chi connectivity index (χ2n) is 2.81. The molecule has 0 aliphatic carbocycles. The minimum absolute atomic E-state index is 0.573. The van der Waals surface area contributed by atoms with Gasteiger partial charge in [0.2, 0.25) is 0 Å². The maximum absolute atomic E-state index is 10.7. The molecule has 0 N–H and O–H groups in total. The quantitative estimate of drug-likeness (QED) is 0.497. The number of rotatable bonds is 1. The third kappa shape index (κ3) is 1.17. The summed E-state index contributed by atoms with van der Waals surface area (Å²) in [7, 11) is 0. The van der Waals surface area contributed by atoms with Gasteiger partial charge in [0.25, 0.3) is 0 Å². The van der Waals surface area contributed by atoms with Gasteiger partial charge in [-0.1, -0.05) is 5.92 Å². The lowest BCUT2D eigenvalue weighted by atomic mass is 10.2. The Morgan fingerprint density at radius 3 is 3.14 bits per heavy atom. The highest BCUT2D eigenvalue weighted by molar-refractivity contribution is 5.88. The zero-order chi connectivity index (χ0) is 9.97. The lowest BCUT2D eigenvalue weighted by Gasteiger charge is -1.96. The lowest BCUT2D eigenvalue weighted by Crippen LogP contribution is -1.89. The lowest BCUT2D eigenvalue weighted by molar-refractivity contribution is 0.112. The fourth-order valence-electron chi connectivity index (χ4n) is 1.39. The first kappa shape index (κ1) is 8.52. The molecule has 3 nitrogen and oxygen atoms in total. The summed E-state index contributed by atoms with van der Waals surface area (Å²) in [6.07, 6.45) is 4.13. The molecule has 0 saturated heterocycles. The Bertz CT molecular complexity index is 543. The van der Waals surface area contributed by atoms with Gasteiger partial charge in [0, 0.05) is 6.20 Å². The predicted molar refractivity (Wildman–Crippen MR) is 53.1 cm³/mol. The van der Waals surface area contributed by atoms with E-state index in [-0.39, 0.29) is 0 Å². The summed E-state index contributed by atoms with van der Waals surface area (Å²) in [5.41, 5.74) is 2.18. The van der Waals surface area contributed by atoms with E-state index in [0.717, 1.165) is 17.4 Å². The second-order valence-corrected chi connectivity index (χ2v) is 2.81. The normalized spacial score (nSPS) is 9.50. The van der Waals surface area contributed by atoms with Gasteiger partial charge in [0.15, 0.2) is 6.29 Å². The largest absolute Gasteiger partial charge is 0.298 e. The van der Waals surface area contributed by atoms with Crippen LogP contribution >= 0.6 is 0 Å². The molecule has 0 aliphatic rings. The van der Waals surface area contributed by atoms with Crippen LogP contribution in [0.25, 0.3) is 5.52 Å². The van der Waals surface area contributed by atoms with Crippen LogP contribution in [-0.4, -0.2) is 15.9 Å². The van der Waals surface area contributed by atoms with E-state index in [4.69, 9.17) is 0 Å². The number of carbonyl (C=O) groups is 1. The van der Waals surface area contributed by atoms with E-state index < -0.39 is 0 Å². The second kappa shape index (κ2) is 3.35. The van der Waals surface area contributed by atoms with Crippen molar-refractivity contribution in [3.63, 3.8) is 0 Å². The molecule has 0 radical (unpaired) electrons.